The SMILES string of the molecule is CCCc1cnc(-c2ccnc(Nc3cc(C)cc(C)c3)n2)s1. The van der Waals surface area contributed by atoms with Crippen molar-refractivity contribution >= 4 is 23.0 Å². The van der Waals surface area contributed by atoms with Gasteiger partial charge in [0.25, 0.3) is 0 Å². The first-order valence-corrected chi connectivity index (χ1v) is 8.59. The molecule has 0 spiro atoms. The lowest BCUT2D eigenvalue weighted by atomic mass is 10.1. The molecule has 118 valence electrons. The summed E-state index contributed by atoms with van der Waals surface area (Å²) in [6.45, 7) is 6.34. The third kappa shape index (κ3) is 3.93. The standard InChI is InChI=1S/C18H20N4S/c1-4-5-15-11-20-17(23-15)16-6-7-19-18(22-16)21-14-9-12(2)8-13(3)10-14/h6-11H,4-5H2,1-3H3,(H,19,21,22). The molecule has 0 bridgehead atoms. The summed E-state index contributed by atoms with van der Waals surface area (Å²) in [5, 5.41) is 4.23. The van der Waals surface area contributed by atoms with E-state index in [0.29, 0.717) is 5.95 Å². The molecule has 3 aromatic rings. The molecule has 23 heavy (non-hydrogen) atoms. The molecule has 2 aromatic heterocycles. The average molecular weight is 324 g/mol. The van der Waals surface area contributed by atoms with Crippen LogP contribution < -0.4 is 5.32 Å². The fourth-order valence-electron chi connectivity index (χ4n) is 2.50. The lowest BCUT2D eigenvalue weighted by Gasteiger charge is -2.07. The molecule has 0 fully saturated rings. The minimum absolute atomic E-state index is 0.597. The van der Waals surface area contributed by atoms with Crippen molar-refractivity contribution in [3.05, 3.63) is 52.7 Å². The van der Waals surface area contributed by atoms with E-state index in [-0.39, 0.29) is 0 Å². The maximum absolute atomic E-state index is 4.60. The average Bonchev–Trinajstić information content (AvgIpc) is 2.95. The van der Waals surface area contributed by atoms with Crippen LogP contribution in [0.1, 0.15) is 29.3 Å². The Morgan fingerprint density at radius 2 is 1.87 bits per heavy atom. The topological polar surface area (TPSA) is 50.7 Å². The zero-order chi connectivity index (χ0) is 16.2. The number of hydrogen-bond acceptors (Lipinski definition) is 5. The van der Waals surface area contributed by atoms with Crippen LogP contribution in [0.3, 0.4) is 0 Å². The van der Waals surface area contributed by atoms with Crippen molar-refractivity contribution in [3.8, 4) is 10.7 Å². The zero-order valence-corrected chi connectivity index (χ0v) is 14.4. The van der Waals surface area contributed by atoms with Gasteiger partial charge in [-0.1, -0.05) is 19.4 Å². The Bertz CT molecular complexity index is 790. The van der Waals surface area contributed by atoms with Crippen LogP contribution in [0.25, 0.3) is 10.7 Å². The fraction of sp³-hybridized carbons (Fsp3) is 0.278. The third-order valence-electron chi connectivity index (χ3n) is 3.40. The number of hydrogen-bond donors (Lipinski definition) is 1. The predicted octanol–water partition coefficient (Wildman–Crippen LogP) is 4.91. The Morgan fingerprint density at radius 3 is 2.61 bits per heavy atom. The quantitative estimate of drug-likeness (QED) is 0.724. The van der Waals surface area contributed by atoms with Crippen LogP contribution in [-0.2, 0) is 6.42 Å². The van der Waals surface area contributed by atoms with Crippen molar-refractivity contribution in [1.29, 1.82) is 0 Å². The molecule has 3 rings (SSSR count). The van der Waals surface area contributed by atoms with Crippen LogP contribution in [-0.4, -0.2) is 15.0 Å². The highest BCUT2D eigenvalue weighted by molar-refractivity contribution is 7.15. The van der Waals surface area contributed by atoms with Crippen LogP contribution in [0.4, 0.5) is 11.6 Å². The molecule has 1 N–H and O–H groups in total. The number of anilines is 2. The first-order valence-electron chi connectivity index (χ1n) is 7.77. The maximum Gasteiger partial charge on any atom is 0.227 e. The number of aryl methyl sites for hydroxylation is 3. The third-order valence-corrected chi connectivity index (χ3v) is 4.48. The van der Waals surface area contributed by atoms with Gasteiger partial charge in [0.15, 0.2) is 0 Å². The number of nitrogens with one attached hydrogen (secondary N) is 1. The summed E-state index contributed by atoms with van der Waals surface area (Å²) in [5.41, 5.74) is 4.30. The minimum atomic E-state index is 0.597. The molecule has 0 saturated heterocycles. The van der Waals surface area contributed by atoms with Gasteiger partial charge in [0, 0.05) is 23.0 Å². The number of rotatable bonds is 5. The zero-order valence-electron chi connectivity index (χ0n) is 13.6. The maximum atomic E-state index is 4.60. The monoisotopic (exact) mass is 324 g/mol. The Hall–Kier alpha value is -2.27. The highest BCUT2D eigenvalue weighted by Gasteiger charge is 2.08. The highest BCUT2D eigenvalue weighted by Crippen LogP contribution is 2.25. The van der Waals surface area contributed by atoms with E-state index in [4.69, 9.17) is 0 Å². The number of thiazole rings is 1. The van der Waals surface area contributed by atoms with Crippen molar-refractivity contribution in [2.45, 2.75) is 33.6 Å². The fourth-order valence-corrected chi connectivity index (χ4v) is 3.49. The molecule has 0 radical (unpaired) electrons. The van der Waals surface area contributed by atoms with Crippen molar-refractivity contribution in [1.82, 2.24) is 15.0 Å². The van der Waals surface area contributed by atoms with E-state index in [1.165, 1.54) is 16.0 Å². The number of nitrogens with zero attached hydrogens (tertiary/aromatic N) is 3. The minimum Gasteiger partial charge on any atom is -0.324 e. The van der Waals surface area contributed by atoms with E-state index < -0.39 is 0 Å². The summed E-state index contributed by atoms with van der Waals surface area (Å²) in [6, 6.07) is 8.23. The van der Waals surface area contributed by atoms with Gasteiger partial charge in [-0.05, 0) is 49.6 Å². The molecule has 0 saturated carbocycles. The Labute approximate surface area is 140 Å². The first kappa shape index (κ1) is 15.6. The van der Waals surface area contributed by atoms with Crippen molar-refractivity contribution < 1.29 is 0 Å². The normalized spacial score (nSPS) is 10.7. The summed E-state index contributed by atoms with van der Waals surface area (Å²) in [5.74, 6) is 0.597. The molecule has 0 aliphatic rings. The van der Waals surface area contributed by atoms with Crippen LogP contribution in [0.5, 0.6) is 0 Å². The summed E-state index contributed by atoms with van der Waals surface area (Å²) >= 11 is 1.70. The molecular formula is C18H20N4S. The Balaban J connectivity index is 1.84. The first-order chi connectivity index (χ1) is 11.1. The second kappa shape index (κ2) is 6.87. The van der Waals surface area contributed by atoms with Gasteiger partial charge < -0.3 is 5.32 Å². The molecule has 0 atom stereocenters. The van der Waals surface area contributed by atoms with E-state index in [0.717, 1.165) is 29.2 Å². The second-order valence-electron chi connectivity index (χ2n) is 5.65. The summed E-state index contributed by atoms with van der Waals surface area (Å²) in [4.78, 5) is 14.7. The van der Waals surface area contributed by atoms with E-state index in [1.54, 1.807) is 17.5 Å². The van der Waals surface area contributed by atoms with Gasteiger partial charge in [-0.3, -0.25) is 0 Å². The van der Waals surface area contributed by atoms with Crippen molar-refractivity contribution in [2.75, 3.05) is 5.32 Å². The number of aromatic nitrogens is 3. The van der Waals surface area contributed by atoms with Gasteiger partial charge in [-0.25, -0.2) is 15.0 Å². The molecule has 5 heteroatoms. The number of benzene rings is 1. The highest BCUT2D eigenvalue weighted by atomic mass is 32.1. The van der Waals surface area contributed by atoms with Crippen LogP contribution in [0, 0.1) is 13.8 Å². The van der Waals surface area contributed by atoms with E-state index in [9.17, 15) is 0 Å². The van der Waals surface area contributed by atoms with Gasteiger partial charge in [-0.2, -0.15) is 0 Å². The molecule has 0 aliphatic heterocycles. The lowest BCUT2D eigenvalue weighted by Crippen LogP contribution is -1.98. The molecular weight excluding hydrogens is 304 g/mol. The van der Waals surface area contributed by atoms with Gasteiger partial charge in [0.05, 0.1) is 0 Å². The van der Waals surface area contributed by atoms with Gasteiger partial charge in [0.1, 0.15) is 10.7 Å². The Morgan fingerprint density at radius 1 is 1.09 bits per heavy atom. The smallest absolute Gasteiger partial charge is 0.227 e. The van der Waals surface area contributed by atoms with Gasteiger partial charge in [-0.15, -0.1) is 11.3 Å². The molecule has 0 amide bonds. The molecule has 1 aromatic carbocycles. The molecule has 4 nitrogen and oxygen atoms in total. The van der Waals surface area contributed by atoms with Gasteiger partial charge in [0.2, 0.25) is 5.95 Å². The Kier molecular flexibility index (Phi) is 4.67. The van der Waals surface area contributed by atoms with Crippen LogP contribution in [0.15, 0.2) is 36.7 Å². The van der Waals surface area contributed by atoms with Crippen molar-refractivity contribution in [3.63, 3.8) is 0 Å². The molecule has 0 aliphatic carbocycles. The van der Waals surface area contributed by atoms with Crippen LogP contribution in [0.2, 0.25) is 0 Å². The van der Waals surface area contributed by atoms with Crippen molar-refractivity contribution in [2.24, 2.45) is 0 Å². The summed E-state index contributed by atoms with van der Waals surface area (Å²) < 4.78 is 0. The largest absolute Gasteiger partial charge is 0.324 e. The summed E-state index contributed by atoms with van der Waals surface area (Å²) in [6.07, 6.45) is 5.91. The predicted molar refractivity (Wildman–Crippen MR) is 96.3 cm³/mol. The van der Waals surface area contributed by atoms with E-state index in [2.05, 4.69) is 59.2 Å². The second-order valence-corrected chi connectivity index (χ2v) is 6.76. The van der Waals surface area contributed by atoms with Gasteiger partial charge >= 0.3 is 0 Å². The van der Waals surface area contributed by atoms with Crippen LogP contribution >= 0.6 is 11.3 Å². The molecule has 0 unspecified atom stereocenters. The van der Waals surface area contributed by atoms with E-state index in [1.807, 2.05) is 12.3 Å². The summed E-state index contributed by atoms with van der Waals surface area (Å²) in [7, 11) is 0. The van der Waals surface area contributed by atoms with E-state index >= 15 is 0 Å². The molecule has 2 heterocycles. The lowest BCUT2D eigenvalue weighted by molar-refractivity contribution is 0.936.